The average Bonchev–Trinajstić information content (AvgIpc) is 2.43. The normalized spacial score (nSPS) is 14.2. The van der Waals surface area contributed by atoms with Gasteiger partial charge in [-0.05, 0) is 18.8 Å². The Hall–Kier alpha value is -1.63. The molecule has 0 aromatic carbocycles. The summed E-state index contributed by atoms with van der Waals surface area (Å²) in [5, 5.41) is 5.39. The number of hydroxylamine groups is 1. The van der Waals surface area contributed by atoms with Crippen LogP contribution in [0.5, 0.6) is 0 Å². The lowest BCUT2D eigenvalue weighted by Crippen LogP contribution is -2.51. The second-order valence-corrected chi connectivity index (χ2v) is 7.83. The highest BCUT2D eigenvalue weighted by molar-refractivity contribution is 5.89. The molecule has 0 unspecified atom stereocenters. The van der Waals surface area contributed by atoms with Crippen molar-refractivity contribution in [1.82, 2.24) is 16.1 Å². The summed E-state index contributed by atoms with van der Waals surface area (Å²) < 4.78 is 0. The number of carbonyl (C=O) groups excluding carboxylic acids is 3. The van der Waals surface area contributed by atoms with Gasteiger partial charge in [0.25, 0.3) is 11.8 Å². The van der Waals surface area contributed by atoms with E-state index < -0.39 is 23.5 Å². The molecule has 0 aliphatic heterocycles. The molecule has 0 bridgehead atoms. The molecule has 3 amide bonds. The first-order chi connectivity index (χ1) is 10.9. The quantitative estimate of drug-likeness (QED) is 0.580. The van der Waals surface area contributed by atoms with E-state index in [0.29, 0.717) is 12.5 Å². The zero-order chi connectivity index (χ0) is 19.1. The summed E-state index contributed by atoms with van der Waals surface area (Å²) in [7, 11) is 0. The molecule has 0 fully saturated rings. The number of carbonyl (C=O) groups is 3. The molecule has 0 radical (unpaired) electrons. The zero-order valence-electron chi connectivity index (χ0n) is 16.1. The standard InChI is InChI=1S/C17H33N3O4/c1-10(2)9-18-15(22)13(11(3)4)24-20-14(21)12(5)19-16(23)17(6,7)8/h10-13H,9H2,1-8H3,(H,18,22)(H,19,23)(H,20,21)/t12-,13+/m1/s1. The van der Waals surface area contributed by atoms with Crippen LogP contribution in [0, 0.1) is 17.3 Å². The van der Waals surface area contributed by atoms with Gasteiger partial charge in [-0.1, -0.05) is 48.5 Å². The Morgan fingerprint density at radius 3 is 1.92 bits per heavy atom. The van der Waals surface area contributed by atoms with E-state index in [4.69, 9.17) is 4.84 Å². The molecule has 2 atom stereocenters. The molecule has 0 spiro atoms. The van der Waals surface area contributed by atoms with Gasteiger partial charge in [0.2, 0.25) is 5.91 Å². The maximum absolute atomic E-state index is 12.1. The number of hydrogen-bond donors (Lipinski definition) is 3. The first-order valence-corrected chi connectivity index (χ1v) is 8.40. The highest BCUT2D eigenvalue weighted by atomic mass is 16.7. The summed E-state index contributed by atoms with van der Waals surface area (Å²) >= 11 is 0. The first kappa shape index (κ1) is 22.4. The Kier molecular flexibility index (Phi) is 8.96. The van der Waals surface area contributed by atoms with Gasteiger partial charge in [-0.3, -0.25) is 19.2 Å². The van der Waals surface area contributed by atoms with Gasteiger partial charge in [0.05, 0.1) is 0 Å². The van der Waals surface area contributed by atoms with Crippen molar-refractivity contribution in [3.8, 4) is 0 Å². The number of nitrogens with one attached hydrogen (secondary N) is 3. The van der Waals surface area contributed by atoms with Crippen molar-refractivity contribution in [3.05, 3.63) is 0 Å². The van der Waals surface area contributed by atoms with Crippen molar-refractivity contribution in [3.63, 3.8) is 0 Å². The molecule has 0 saturated heterocycles. The summed E-state index contributed by atoms with van der Waals surface area (Å²) in [4.78, 5) is 41.3. The van der Waals surface area contributed by atoms with Crippen LogP contribution in [-0.2, 0) is 19.2 Å². The molecule has 0 aromatic rings. The SMILES string of the molecule is CC(C)CNC(=O)[C@@H](ONC(=O)[C@@H](C)NC(=O)C(C)(C)C)C(C)C. The Morgan fingerprint density at radius 2 is 1.50 bits per heavy atom. The largest absolute Gasteiger partial charge is 0.353 e. The molecular weight excluding hydrogens is 310 g/mol. The van der Waals surface area contributed by atoms with Crippen LogP contribution < -0.4 is 16.1 Å². The third kappa shape index (κ3) is 8.29. The molecule has 24 heavy (non-hydrogen) atoms. The average molecular weight is 343 g/mol. The van der Waals surface area contributed by atoms with Gasteiger partial charge in [0, 0.05) is 12.0 Å². The fraction of sp³-hybridized carbons (Fsp3) is 0.824. The van der Waals surface area contributed by atoms with Gasteiger partial charge < -0.3 is 10.6 Å². The molecular formula is C17H33N3O4. The number of hydrogen-bond acceptors (Lipinski definition) is 4. The minimum Gasteiger partial charge on any atom is -0.353 e. The van der Waals surface area contributed by atoms with Crippen molar-refractivity contribution < 1.29 is 19.2 Å². The highest BCUT2D eigenvalue weighted by Gasteiger charge is 2.28. The van der Waals surface area contributed by atoms with E-state index in [9.17, 15) is 14.4 Å². The Labute approximate surface area is 145 Å². The van der Waals surface area contributed by atoms with E-state index in [-0.39, 0.29) is 17.7 Å². The van der Waals surface area contributed by atoms with Crippen LogP contribution in [0.4, 0.5) is 0 Å². The lowest BCUT2D eigenvalue weighted by molar-refractivity contribution is -0.154. The molecule has 0 saturated carbocycles. The molecule has 7 heteroatoms. The smallest absolute Gasteiger partial charge is 0.265 e. The molecule has 3 N–H and O–H groups in total. The topological polar surface area (TPSA) is 96.5 Å². The summed E-state index contributed by atoms with van der Waals surface area (Å²) in [6, 6.07) is -0.761. The minimum absolute atomic E-state index is 0.114. The van der Waals surface area contributed by atoms with Gasteiger partial charge in [-0.25, -0.2) is 5.48 Å². The van der Waals surface area contributed by atoms with E-state index in [2.05, 4.69) is 16.1 Å². The summed E-state index contributed by atoms with van der Waals surface area (Å²) in [6.45, 7) is 15.0. The van der Waals surface area contributed by atoms with E-state index in [0.717, 1.165) is 0 Å². The third-order valence-corrected chi connectivity index (χ3v) is 3.26. The van der Waals surface area contributed by atoms with E-state index in [1.54, 1.807) is 27.7 Å². The van der Waals surface area contributed by atoms with Crippen molar-refractivity contribution in [2.45, 2.75) is 67.5 Å². The summed E-state index contributed by atoms with van der Waals surface area (Å²) in [5.41, 5.74) is 1.68. The molecule has 7 nitrogen and oxygen atoms in total. The second-order valence-electron chi connectivity index (χ2n) is 7.83. The van der Waals surface area contributed by atoms with E-state index >= 15 is 0 Å². The van der Waals surface area contributed by atoms with Crippen molar-refractivity contribution in [2.24, 2.45) is 17.3 Å². The second kappa shape index (κ2) is 9.61. The molecule has 140 valence electrons. The molecule has 0 rings (SSSR count). The Morgan fingerprint density at radius 1 is 0.958 bits per heavy atom. The molecule has 0 heterocycles. The fourth-order valence-corrected chi connectivity index (χ4v) is 1.59. The minimum atomic E-state index is -0.793. The lowest BCUT2D eigenvalue weighted by Gasteiger charge is -2.24. The Balaban J connectivity index is 4.56. The number of rotatable bonds is 8. The van der Waals surface area contributed by atoms with Crippen LogP contribution >= 0.6 is 0 Å². The van der Waals surface area contributed by atoms with Gasteiger partial charge >= 0.3 is 0 Å². The molecule has 0 aromatic heterocycles. The van der Waals surface area contributed by atoms with Crippen LogP contribution in [0.15, 0.2) is 0 Å². The van der Waals surface area contributed by atoms with Gasteiger partial charge in [0.1, 0.15) is 6.04 Å². The molecule has 0 aliphatic rings. The fourth-order valence-electron chi connectivity index (χ4n) is 1.59. The van der Waals surface area contributed by atoms with Gasteiger partial charge in [-0.2, -0.15) is 0 Å². The predicted molar refractivity (Wildman–Crippen MR) is 92.8 cm³/mol. The number of amides is 3. The van der Waals surface area contributed by atoms with Gasteiger partial charge in [0.15, 0.2) is 6.10 Å². The van der Waals surface area contributed by atoms with Crippen LogP contribution in [0.2, 0.25) is 0 Å². The maximum Gasteiger partial charge on any atom is 0.265 e. The van der Waals surface area contributed by atoms with Crippen molar-refractivity contribution >= 4 is 17.7 Å². The van der Waals surface area contributed by atoms with E-state index in [1.807, 2.05) is 27.7 Å². The Bertz CT molecular complexity index is 442. The lowest BCUT2D eigenvalue weighted by atomic mass is 9.95. The summed E-state index contributed by atoms with van der Waals surface area (Å²) in [5.74, 6) is -0.804. The summed E-state index contributed by atoms with van der Waals surface area (Å²) in [6.07, 6.45) is -0.793. The van der Waals surface area contributed by atoms with Crippen molar-refractivity contribution in [2.75, 3.05) is 6.54 Å². The van der Waals surface area contributed by atoms with Gasteiger partial charge in [-0.15, -0.1) is 0 Å². The first-order valence-electron chi connectivity index (χ1n) is 8.40. The van der Waals surface area contributed by atoms with E-state index in [1.165, 1.54) is 0 Å². The van der Waals surface area contributed by atoms with Crippen LogP contribution in [-0.4, -0.2) is 36.4 Å². The predicted octanol–water partition coefficient (Wildman–Crippen LogP) is 1.38. The third-order valence-electron chi connectivity index (χ3n) is 3.26. The highest BCUT2D eigenvalue weighted by Crippen LogP contribution is 2.13. The van der Waals surface area contributed by atoms with Crippen LogP contribution in [0.1, 0.15) is 55.4 Å². The monoisotopic (exact) mass is 343 g/mol. The van der Waals surface area contributed by atoms with Crippen LogP contribution in [0.3, 0.4) is 0 Å². The van der Waals surface area contributed by atoms with Crippen molar-refractivity contribution in [1.29, 1.82) is 0 Å². The maximum atomic E-state index is 12.1. The molecule has 0 aliphatic carbocycles. The van der Waals surface area contributed by atoms with Crippen LogP contribution in [0.25, 0.3) is 0 Å². The zero-order valence-corrected chi connectivity index (χ0v) is 16.1.